The van der Waals surface area contributed by atoms with Gasteiger partial charge in [0, 0.05) is 54.9 Å². The van der Waals surface area contributed by atoms with Crippen LogP contribution in [-0.4, -0.2) is 56.9 Å². The first kappa shape index (κ1) is 31.5. The summed E-state index contributed by atoms with van der Waals surface area (Å²) in [6.07, 6.45) is -2.22. The van der Waals surface area contributed by atoms with E-state index >= 15 is 0 Å². The molecule has 0 spiro atoms. The van der Waals surface area contributed by atoms with Gasteiger partial charge in [0.15, 0.2) is 5.54 Å². The van der Waals surface area contributed by atoms with Gasteiger partial charge in [-0.05, 0) is 40.5 Å². The molecule has 2 N–H and O–H groups in total. The Bertz CT molecular complexity index is 1640. The Morgan fingerprint density at radius 1 is 1.14 bits per heavy atom. The van der Waals surface area contributed by atoms with Gasteiger partial charge in [-0.1, -0.05) is 24.3 Å². The van der Waals surface area contributed by atoms with Gasteiger partial charge in [-0.2, -0.15) is 22.0 Å². The van der Waals surface area contributed by atoms with Crippen LogP contribution in [0.15, 0.2) is 71.3 Å². The molecule has 9 nitrogen and oxygen atoms in total. The zero-order valence-electron chi connectivity index (χ0n) is 22.7. The molecule has 1 aliphatic rings. The molecule has 43 heavy (non-hydrogen) atoms. The SMILES string of the molecule is Cn1ccc(-c2ccc([C@]3(C(F)(F)F)CC(c4ccc(OC(F)F)cn4)=C(CNC(=O)CS(C)=O)C(=O)N3)cc2)cc1=O. The van der Waals surface area contributed by atoms with Gasteiger partial charge in [0.05, 0.1) is 11.9 Å². The summed E-state index contributed by atoms with van der Waals surface area (Å²) in [6, 6.07) is 10.3. The molecule has 1 unspecified atom stereocenters. The highest BCUT2D eigenvalue weighted by Gasteiger charge is 2.59. The molecule has 0 bridgehead atoms. The predicted molar refractivity (Wildman–Crippen MR) is 147 cm³/mol. The largest absolute Gasteiger partial charge is 0.433 e. The van der Waals surface area contributed by atoms with Gasteiger partial charge >= 0.3 is 12.8 Å². The summed E-state index contributed by atoms with van der Waals surface area (Å²) in [7, 11) is 0.0389. The van der Waals surface area contributed by atoms with Crippen LogP contribution in [-0.2, 0) is 33.0 Å². The zero-order valence-corrected chi connectivity index (χ0v) is 23.5. The van der Waals surface area contributed by atoms with Gasteiger partial charge in [-0.25, -0.2) is 0 Å². The normalized spacial score (nSPS) is 17.9. The van der Waals surface area contributed by atoms with E-state index in [1.807, 2.05) is 0 Å². The fraction of sp³-hybridized carbons (Fsp3) is 0.286. The van der Waals surface area contributed by atoms with E-state index in [1.54, 1.807) is 13.1 Å². The number of pyridine rings is 2. The molecule has 0 fully saturated rings. The molecule has 0 aliphatic carbocycles. The van der Waals surface area contributed by atoms with Crippen LogP contribution in [0.3, 0.4) is 0 Å². The van der Waals surface area contributed by atoms with Crippen LogP contribution in [0.1, 0.15) is 17.7 Å². The number of ether oxygens (including phenoxy) is 1. The highest BCUT2D eigenvalue weighted by Crippen LogP contribution is 2.48. The first-order valence-electron chi connectivity index (χ1n) is 12.6. The fourth-order valence-electron chi connectivity index (χ4n) is 4.59. The second kappa shape index (κ2) is 12.5. The predicted octanol–water partition coefficient (Wildman–Crippen LogP) is 3.27. The number of amides is 2. The number of carbonyl (C=O) groups excluding carboxylic acids is 2. The number of alkyl halides is 5. The number of hydrogen-bond donors (Lipinski definition) is 2. The summed E-state index contributed by atoms with van der Waals surface area (Å²) in [6.45, 7) is -3.67. The molecular formula is C28H25F5N4O5S. The molecule has 2 amide bonds. The summed E-state index contributed by atoms with van der Waals surface area (Å²) in [4.78, 5) is 41.5. The molecular weight excluding hydrogens is 599 g/mol. The third-order valence-corrected chi connectivity index (χ3v) is 7.44. The van der Waals surface area contributed by atoms with Gasteiger partial charge in [-0.3, -0.25) is 23.6 Å². The Kier molecular flexibility index (Phi) is 9.13. The Labute approximate surface area is 244 Å². The maximum absolute atomic E-state index is 14.9. The highest BCUT2D eigenvalue weighted by molar-refractivity contribution is 7.85. The number of rotatable bonds is 9. The number of aromatic nitrogens is 2. The maximum atomic E-state index is 14.9. The molecule has 3 aromatic rings. The van der Waals surface area contributed by atoms with Gasteiger partial charge in [0.1, 0.15) is 11.5 Å². The lowest BCUT2D eigenvalue weighted by Crippen LogP contribution is -2.59. The third kappa shape index (κ3) is 6.98. The van der Waals surface area contributed by atoms with E-state index in [0.717, 1.165) is 18.3 Å². The molecule has 15 heteroatoms. The minimum Gasteiger partial charge on any atom is -0.433 e. The lowest BCUT2D eigenvalue weighted by molar-refractivity contribution is -0.201. The third-order valence-electron chi connectivity index (χ3n) is 6.77. The quantitative estimate of drug-likeness (QED) is 0.353. The maximum Gasteiger partial charge on any atom is 0.416 e. The summed E-state index contributed by atoms with van der Waals surface area (Å²) >= 11 is 0. The van der Waals surface area contributed by atoms with Crippen molar-refractivity contribution in [3.8, 4) is 16.9 Å². The van der Waals surface area contributed by atoms with Crippen LogP contribution in [0.4, 0.5) is 22.0 Å². The molecule has 0 radical (unpaired) electrons. The standard InChI is InChI=1S/C28H25F5N4O5S/c1-37-10-9-17(11-24(37)39)16-3-5-18(6-4-16)27(28(31,32)33)12-20(22-8-7-19(13-34-22)42-26(29)30)21(25(40)36-27)14-35-23(38)15-43(2)41/h3-11,13,26H,12,14-15H2,1-2H3,(H,35,38)(H,36,40)/t27-,43?/m0/s1. The van der Waals surface area contributed by atoms with E-state index in [0.29, 0.717) is 11.1 Å². The van der Waals surface area contributed by atoms with Crippen LogP contribution >= 0.6 is 0 Å². The van der Waals surface area contributed by atoms with E-state index in [-0.39, 0.29) is 33.7 Å². The van der Waals surface area contributed by atoms with Crippen molar-refractivity contribution in [3.05, 3.63) is 88.1 Å². The average molecular weight is 625 g/mol. The van der Waals surface area contributed by atoms with Gasteiger partial charge in [0.25, 0.3) is 5.56 Å². The zero-order chi connectivity index (χ0) is 31.5. The van der Waals surface area contributed by atoms with Crippen molar-refractivity contribution in [2.24, 2.45) is 7.05 Å². The van der Waals surface area contributed by atoms with Crippen LogP contribution in [0.2, 0.25) is 0 Å². The number of carbonyl (C=O) groups is 2. The smallest absolute Gasteiger partial charge is 0.416 e. The highest BCUT2D eigenvalue weighted by atomic mass is 32.2. The van der Waals surface area contributed by atoms with E-state index in [1.165, 1.54) is 47.4 Å². The Morgan fingerprint density at radius 2 is 1.84 bits per heavy atom. The van der Waals surface area contributed by atoms with Crippen molar-refractivity contribution in [1.82, 2.24) is 20.2 Å². The first-order chi connectivity index (χ1) is 20.2. The molecule has 0 saturated heterocycles. The number of hydrogen-bond acceptors (Lipinski definition) is 6. The van der Waals surface area contributed by atoms with Crippen LogP contribution in [0, 0.1) is 0 Å². The Morgan fingerprint density at radius 3 is 2.40 bits per heavy atom. The van der Waals surface area contributed by atoms with Crippen molar-refractivity contribution in [1.29, 1.82) is 0 Å². The molecule has 4 rings (SSSR count). The summed E-state index contributed by atoms with van der Waals surface area (Å²) in [5, 5.41) is 4.46. The minimum atomic E-state index is -5.04. The van der Waals surface area contributed by atoms with Crippen molar-refractivity contribution < 1.29 is 40.5 Å². The lowest BCUT2D eigenvalue weighted by atomic mass is 9.77. The average Bonchev–Trinajstić information content (AvgIpc) is 2.93. The monoisotopic (exact) mass is 624 g/mol. The fourth-order valence-corrected chi connectivity index (χ4v) is 5.06. The van der Waals surface area contributed by atoms with E-state index in [9.17, 15) is 40.5 Å². The number of aryl methyl sites for hydroxylation is 1. The van der Waals surface area contributed by atoms with Crippen LogP contribution in [0.25, 0.3) is 16.7 Å². The second-order valence-electron chi connectivity index (χ2n) is 9.68. The van der Waals surface area contributed by atoms with E-state index < -0.39 is 59.7 Å². The lowest BCUT2D eigenvalue weighted by Gasteiger charge is -2.41. The van der Waals surface area contributed by atoms with Crippen molar-refractivity contribution in [3.63, 3.8) is 0 Å². The summed E-state index contributed by atoms with van der Waals surface area (Å²) in [5.74, 6) is -2.60. The molecule has 1 aliphatic heterocycles. The minimum absolute atomic E-state index is 0.134. The summed E-state index contributed by atoms with van der Waals surface area (Å²) < 4.78 is 87.1. The number of halogens is 5. The van der Waals surface area contributed by atoms with Crippen LogP contribution in [0.5, 0.6) is 5.75 Å². The van der Waals surface area contributed by atoms with Gasteiger partial charge < -0.3 is 19.9 Å². The topological polar surface area (TPSA) is 119 Å². The number of nitrogens with zero attached hydrogens (tertiary/aromatic N) is 2. The van der Waals surface area contributed by atoms with Crippen molar-refractivity contribution in [2.45, 2.75) is 24.7 Å². The first-order valence-corrected chi connectivity index (χ1v) is 14.3. The number of benzene rings is 1. The van der Waals surface area contributed by atoms with E-state index in [4.69, 9.17) is 0 Å². The van der Waals surface area contributed by atoms with E-state index in [2.05, 4.69) is 20.4 Å². The molecule has 0 saturated carbocycles. The molecule has 228 valence electrons. The van der Waals surface area contributed by atoms with Crippen LogP contribution < -0.4 is 20.9 Å². The van der Waals surface area contributed by atoms with Crippen molar-refractivity contribution in [2.75, 3.05) is 18.6 Å². The Hall–Kier alpha value is -4.40. The molecule has 1 aromatic carbocycles. The molecule has 3 heterocycles. The van der Waals surface area contributed by atoms with Crippen molar-refractivity contribution >= 4 is 28.2 Å². The number of nitrogens with one attached hydrogen (secondary N) is 2. The van der Waals surface area contributed by atoms with Gasteiger partial charge in [-0.15, -0.1) is 0 Å². The molecule has 2 atom stereocenters. The summed E-state index contributed by atoms with van der Waals surface area (Å²) in [5.41, 5.74) is -3.21. The Balaban J connectivity index is 1.79. The molecule has 2 aromatic heterocycles. The van der Waals surface area contributed by atoms with Gasteiger partial charge in [0.2, 0.25) is 11.8 Å². The second-order valence-corrected chi connectivity index (χ2v) is 11.1.